The molecule has 0 amide bonds. The first-order valence-electron chi connectivity index (χ1n) is 5.39. The molecule has 92 valence electrons. The van der Waals surface area contributed by atoms with Gasteiger partial charge >= 0.3 is 5.97 Å². The lowest BCUT2D eigenvalue weighted by Gasteiger charge is -2.10. The zero-order valence-electron chi connectivity index (χ0n) is 9.36. The van der Waals surface area contributed by atoms with Gasteiger partial charge in [0, 0.05) is 6.42 Å². The second kappa shape index (κ2) is 6.83. The van der Waals surface area contributed by atoms with Crippen molar-refractivity contribution in [2.24, 2.45) is 0 Å². The lowest BCUT2D eigenvalue weighted by molar-refractivity contribution is -0.139. The van der Waals surface area contributed by atoms with E-state index in [1.165, 1.54) is 0 Å². The third kappa shape index (κ3) is 5.85. The second-order valence-corrected chi connectivity index (χ2v) is 3.82. The molecule has 3 N–H and O–H groups in total. The van der Waals surface area contributed by atoms with Crippen molar-refractivity contribution in [2.45, 2.75) is 25.0 Å². The summed E-state index contributed by atoms with van der Waals surface area (Å²) < 4.78 is 0. The van der Waals surface area contributed by atoms with Crippen molar-refractivity contribution in [1.29, 1.82) is 0 Å². The van der Waals surface area contributed by atoms with E-state index in [1.54, 1.807) is 12.2 Å². The van der Waals surface area contributed by atoms with E-state index in [2.05, 4.69) is 0 Å². The summed E-state index contributed by atoms with van der Waals surface area (Å²) in [5.74, 6) is -1.07. The first kappa shape index (κ1) is 13.4. The quantitative estimate of drug-likeness (QED) is 0.695. The molecule has 0 saturated heterocycles. The Kier molecular flexibility index (Phi) is 5.39. The summed E-state index contributed by atoms with van der Waals surface area (Å²) in [6.07, 6.45) is 1.08. The van der Waals surface area contributed by atoms with Crippen LogP contribution in [0.25, 0.3) is 6.08 Å². The first-order chi connectivity index (χ1) is 8.08. The van der Waals surface area contributed by atoms with Gasteiger partial charge in [-0.15, -0.1) is 0 Å². The van der Waals surface area contributed by atoms with Crippen molar-refractivity contribution in [2.75, 3.05) is 0 Å². The molecule has 0 fully saturated rings. The molecule has 1 aromatic carbocycles. The largest absolute Gasteiger partial charge is 0.481 e. The van der Waals surface area contributed by atoms with Crippen LogP contribution >= 0.6 is 0 Å². The third-order valence-corrected chi connectivity index (χ3v) is 2.23. The van der Waals surface area contributed by atoms with Crippen LogP contribution in [-0.4, -0.2) is 33.5 Å². The number of carbonyl (C=O) groups is 1. The summed E-state index contributed by atoms with van der Waals surface area (Å²) in [6.45, 7) is 0. The number of rotatable bonds is 6. The highest BCUT2D eigenvalue weighted by Gasteiger charge is 2.12. The van der Waals surface area contributed by atoms with E-state index in [0.717, 1.165) is 5.56 Å². The Labute approximate surface area is 99.8 Å². The van der Waals surface area contributed by atoms with Gasteiger partial charge in [-0.2, -0.15) is 0 Å². The van der Waals surface area contributed by atoms with Gasteiger partial charge in [0.15, 0.2) is 0 Å². The molecular weight excluding hydrogens is 220 g/mol. The van der Waals surface area contributed by atoms with E-state index < -0.39 is 18.2 Å². The maximum atomic E-state index is 10.3. The van der Waals surface area contributed by atoms with Crippen LogP contribution in [0.2, 0.25) is 0 Å². The predicted octanol–water partition coefficient (Wildman–Crippen LogP) is 1.29. The highest BCUT2D eigenvalue weighted by atomic mass is 16.4. The third-order valence-electron chi connectivity index (χ3n) is 2.23. The van der Waals surface area contributed by atoms with Crippen LogP contribution in [0.3, 0.4) is 0 Å². The van der Waals surface area contributed by atoms with Gasteiger partial charge in [-0.3, -0.25) is 4.79 Å². The average Bonchev–Trinajstić information content (AvgIpc) is 2.26. The highest BCUT2D eigenvalue weighted by molar-refractivity contribution is 5.67. The zero-order chi connectivity index (χ0) is 12.7. The molecule has 0 aromatic heterocycles. The molecule has 0 radical (unpaired) electrons. The topological polar surface area (TPSA) is 77.8 Å². The molecule has 0 heterocycles. The summed E-state index contributed by atoms with van der Waals surface area (Å²) >= 11 is 0. The van der Waals surface area contributed by atoms with Crippen LogP contribution < -0.4 is 0 Å². The van der Waals surface area contributed by atoms with E-state index in [-0.39, 0.29) is 12.8 Å². The summed E-state index contributed by atoms with van der Waals surface area (Å²) in [5.41, 5.74) is 0.944. The maximum Gasteiger partial charge on any atom is 0.305 e. The van der Waals surface area contributed by atoms with Crippen LogP contribution in [0, 0.1) is 0 Å². The normalized spacial score (nSPS) is 14.7. The molecule has 2 unspecified atom stereocenters. The highest BCUT2D eigenvalue weighted by Crippen LogP contribution is 2.07. The molecule has 0 aliphatic heterocycles. The van der Waals surface area contributed by atoms with Gasteiger partial charge in [0.25, 0.3) is 0 Å². The van der Waals surface area contributed by atoms with E-state index >= 15 is 0 Å². The number of carboxylic acids is 1. The molecule has 0 saturated carbocycles. The molecule has 4 heteroatoms. The van der Waals surface area contributed by atoms with Gasteiger partial charge in [0.05, 0.1) is 18.6 Å². The fourth-order valence-electron chi connectivity index (χ4n) is 1.43. The van der Waals surface area contributed by atoms with Gasteiger partial charge in [0.1, 0.15) is 0 Å². The molecule has 1 aromatic rings. The van der Waals surface area contributed by atoms with Crippen molar-refractivity contribution in [1.82, 2.24) is 0 Å². The monoisotopic (exact) mass is 236 g/mol. The van der Waals surface area contributed by atoms with Gasteiger partial charge in [0.2, 0.25) is 0 Å². The molecule has 1 rings (SSSR count). The molecule has 0 spiro atoms. The molecule has 17 heavy (non-hydrogen) atoms. The molecule has 0 bridgehead atoms. The predicted molar refractivity (Wildman–Crippen MR) is 64.4 cm³/mol. The molecule has 0 aliphatic carbocycles. The van der Waals surface area contributed by atoms with E-state index in [4.69, 9.17) is 5.11 Å². The maximum absolute atomic E-state index is 10.3. The lowest BCUT2D eigenvalue weighted by atomic mass is 10.1. The number of aliphatic hydroxyl groups is 2. The minimum absolute atomic E-state index is 0.0234. The van der Waals surface area contributed by atoms with Crippen LogP contribution in [0.4, 0.5) is 0 Å². The van der Waals surface area contributed by atoms with Crippen molar-refractivity contribution in [3.8, 4) is 0 Å². The van der Waals surface area contributed by atoms with Crippen LogP contribution in [0.1, 0.15) is 18.4 Å². The van der Waals surface area contributed by atoms with Gasteiger partial charge < -0.3 is 15.3 Å². The van der Waals surface area contributed by atoms with Crippen LogP contribution in [0.15, 0.2) is 36.4 Å². The fraction of sp³-hybridized carbons (Fsp3) is 0.308. The Balaban J connectivity index is 2.41. The Bertz CT molecular complexity index is 372. The van der Waals surface area contributed by atoms with E-state index in [1.807, 2.05) is 30.3 Å². The summed E-state index contributed by atoms with van der Waals surface area (Å²) in [7, 11) is 0. The molecule has 0 aliphatic rings. The van der Waals surface area contributed by atoms with E-state index in [0.29, 0.717) is 0 Å². The van der Waals surface area contributed by atoms with Gasteiger partial charge in [-0.1, -0.05) is 42.5 Å². The SMILES string of the molecule is O=C(O)CC(O)CC(O)C=Cc1ccccc1. The smallest absolute Gasteiger partial charge is 0.305 e. The summed E-state index contributed by atoms with van der Waals surface area (Å²) in [5, 5.41) is 27.3. The van der Waals surface area contributed by atoms with Crippen LogP contribution in [-0.2, 0) is 4.79 Å². The summed E-state index contributed by atoms with van der Waals surface area (Å²) in [6, 6.07) is 9.43. The Hall–Kier alpha value is -1.65. The number of hydrogen-bond donors (Lipinski definition) is 3. The average molecular weight is 236 g/mol. The van der Waals surface area contributed by atoms with Crippen molar-refractivity contribution < 1.29 is 20.1 Å². The Morgan fingerprint density at radius 1 is 1.24 bits per heavy atom. The fourth-order valence-corrected chi connectivity index (χ4v) is 1.43. The minimum Gasteiger partial charge on any atom is -0.481 e. The standard InChI is InChI=1S/C13H16O4/c14-11(8-12(15)9-13(16)17)7-6-10-4-2-1-3-5-10/h1-7,11-12,14-15H,8-9H2,(H,16,17). The Morgan fingerprint density at radius 3 is 2.47 bits per heavy atom. The number of aliphatic hydroxyl groups excluding tert-OH is 2. The minimum atomic E-state index is -1.07. The van der Waals surface area contributed by atoms with E-state index in [9.17, 15) is 15.0 Å². The van der Waals surface area contributed by atoms with Crippen LogP contribution in [0.5, 0.6) is 0 Å². The summed E-state index contributed by atoms with van der Waals surface area (Å²) in [4.78, 5) is 10.3. The number of carboxylic acid groups (broad SMARTS) is 1. The Morgan fingerprint density at radius 2 is 1.88 bits per heavy atom. The molecule has 2 atom stereocenters. The molecule has 4 nitrogen and oxygen atoms in total. The van der Waals surface area contributed by atoms with Gasteiger partial charge in [-0.05, 0) is 5.56 Å². The number of benzene rings is 1. The van der Waals surface area contributed by atoms with Crippen molar-refractivity contribution in [3.63, 3.8) is 0 Å². The second-order valence-electron chi connectivity index (χ2n) is 3.82. The van der Waals surface area contributed by atoms with Gasteiger partial charge in [-0.25, -0.2) is 0 Å². The first-order valence-corrected chi connectivity index (χ1v) is 5.39. The zero-order valence-corrected chi connectivity index (χ0v) is 9.36. The number of hydrogen-bond acceptors (Lipinski definition) is 3. The van der Waals surface area contributed by atoms with Crippen molar-refractivity contribution in [3.05, 3.63) is 42.0 Å². The lowest BCUT2D eigenvalue weighted by Crippen LogP contribution is -2.19. The number of aliphatic carboxylic acids is 1. The van der Waals surface area contributed by atoms with Crippen molar-refractivity contribution >= 4 is 12.0 Å². The molecular formula is C13H16O4.